The zero-order valence-electron chi connectivity index (χ0n) is 23.1. The summed E-state index contributed by atoms with van der Waals surface area (Å²) in [4.78, 5) is 32.7. The molecule has 0 radical (unpaired) electrons. The Kier molecular flexibility index (Phi) is 7.78. The molecule has 0 saturated carbocycles. The highest BCUT2D eigenvalue weighted by Gasteiger charge is 2.50. The van der Waals surface area contributed by atoms with Gasteiger partial charge in [-0.05, 0) is 63.6 Å². The van der Waals surface area contributed by atoms with Crippen molar-refractivity contribution in [2.75, 3.05) is 58.3 Å². The zero-order valence-corrected chi connectivity index (χ0v) is 23.1. The van der Waals surface area contributed by atoms with E-state index >= 15 is 4.39 Å². The standard InChI is InChI=1S/C28H40F4N4O2/c1-26(2,3)36-15-11-27(29,18-36)25(38)34-12-8-19(9-13-34)22-7-6-21(28(30,31)32)16-23(22)35-14-10-20(17-35)24(37)33(4)5/h6-7,16,19-20H,8-15,17-18H2,1-5H3/t20?,27-/m1/s1. The predicted molar refractivity (Wildman–Crippen MR) is 139 cm³/mol. The van der Waals surface area contributed by atoms with E-state index in [1.54, 1.807) is 25.1 Å². The van der Waals surface area contributed by atoms with Crippen molar-refractivity contribution in [3.05, 3.63) is 29.3 Å². The second-order valence-electron chi connectivity index (χ2n) is 12.3. The predicted octanol–water partition coefficient (Wildman–Crippen LogP) is 4.54. The van der Waals surface area contributed by atoms with Gasteiger partial charge in [0.1, 0.15) is 0 Å². The first-order valence-corrected chi connectivity index (χ1v) is 13.5. The summed E-state index contributed by atoms with van der Waals surface area (Å²) in [6.45, 7) is 8.26. The van der Waals surface area contributed by atoms with Crippen molar-refractivity contribution in [1.82, 2.24) is 14.7 Å². The van der Waals surface area contributed by atoms with Gasteiger partial charge in [-0.15, -0.1) is 0 Å². The number of hydrogen-bond acceptors (Lipinski definition) is 4. The van der Waals surface area contributed by atoms with Crippen LogP contribution in [0.2, 0.25) is 0 Å². The summed E-state index contributed by atoms with van der Waals surface area (Å²) in [6, 6.07) is 3.87. The molecular formula is C28H40F4N4O2. The van der Waals surface area contributed by atoms with Gasteiger partial charge in [0.2, 0.25) is 11.6 Å². The molecule has 3 saturated heterocycles. The number of carbonyl (C=O) groups is 2. The summed E-state index contributed by atoms with van der Waals surface area (Å²) in [5.41, 5.74) is -1.51. The van der Waals surface area contributed by atoms with Crippen LogP contribution in [0.1, 0.15) is 63.5 Å². The van der Waals surface area contributed by atoms with Crippen LogP contribution in [-0.4, -0.2) is 91.1 Å². The van der Waals surface area contributed by atoms with Crippen LogP contribution in [0.4, 0.5) is 23.2 Å². The van der Waals surface area contributed by atoms with Crippen molar-refractivity contribution in [3.8, 4) is 0 Å². The monoisotopic (exact) mass is 540 g/mol. The highest BCUT2D eigenvalue weighted by molar-refractivity contribution is 5.86. The van der Waals surface area contributed by atoms with Crippen molar-refractivity contribution in [1.29, 1.82) is 0 Å². The molecule has 0 spiro atoms. The van der Waals surface area contributed by atoms with E-state index in [1.807, 2.05) is 30.6 Å². The van der Waals surface area contributed by atoms with Crippen LogP contribution in [-0.2, 0) is 15.8 Å². The van der Waals surface area contributed by atoms with Crippen LogP contribution in [0.25, 0.3) is 0 Å². The van der Waals surface area contributed by atoms with Crippen molar-refractivity contribution in [3.63, 3.8) is 0 Å². The third kappa shape index (κ3) is 5.80. The molecule has 3 aliphatic heterocycles. The SMILES string of the molecule is CN(C)C(=O)C1CCN(c2cc(C(F)(F)F)ccc2C2CCN(C(=O)[C@@]3(F)CCN(C(C)(C)C)C3)CC2)C1. The highest BCUT2D eigenvalue weighted by atomic mass is 19.4. The number of alkyl halides is 4. The lowest BCUT2D eigenvalue weighted by Crippen LogP contribution is -2.51. The number of anilines is 1. The molecule has 2 atom stereocenters. The fraction of sp³-hybridized carbons (Fsp3) is 0.714. The van der Waals surface area contributed by atoms with Crippen molar-refractivity contribution < 1.29 is 27.2 Å². The first-order valence-electron chi connectivity index (χ1n) is 13.5. The van der Waals surface area contributed by atoms with Crippen LogP contribution in [0, 0.1) is 5.92 Å². The van der Waals surface area contributed by atoms with E-state index in [-0.39, 0.29) is 36.2 Å². The molecule has 1 aromatic rings. The van der Waals surface area contributed by atoms with Gasteiger partial charge in [-0.3, -0.25) is 14.5 Å². The van der Waals surface area contributed by atoms with Gasteiger partial charge in [-0.25, -0.2) is 4.39 Å². The maximum Gasteiger partial charge on any atom is 0.416 e. The maximum absolute atomic E-state index is 15.7. The molecule has 10 heteroatoms. The average Bonchev–Trinajstić information content (AvgIpc) is 3.50. The summed E-state index contributed by atoms with van der Waals surface area (Å²) >= 11 is 0. The fourth-order valence-electron chi connectivity index (χ4n) is 6.08. The third-order valence-corrected chi connectivity index (χ3v) is 8.45. The van der Waals surface area contributed by atoms with Crippen molar-refractivity contribution >= 4 is 17.5 Å². The summed E-state index contributed by atoms with van der Waals surface area (Å²) in [5, 5.41) is 0. The Balaban J connectivity index is 1.49. The summed E-state index contributed by atoms with van der Waals surface area (Å²) in [7, 11) is 3.37. The minimum absolute atomic E-state index is 0.0232. The van der Waals surface area contributed by atoms with E-state index in [4.69, 9.17) is 0 Å². The molecule has 38 heavy (non-hydrogen) atoms. The molecule has 1 unspecified atom stereocenters. The zero-order chi connectivity index (χ0) is 28.0. The lowest BCUT2D eigenvalue weighted by Gasteiger charge is -2.37. The topological polar surface area (TPSA) is 47.1 Å². The summed E-state index contributed by atoms with van der Waals surface area (Å²) < 4.78 is 56.5. The van der Waals surface area contributed by atoms with E-state index in [0.29, 0.717) is 57.7 Å². The lowest BCUT2D eigenvalue weighted by atomic mass is 9.86. The molecule has 0 aromatic heterocycles. The Hall–Kier alpha value is -2.36. The second kappa shape index (κ2) is 10.3. The Labute approximate surface area is 222 Å². The lowest BCUT2D eigenvalue weighted by molar-refractivity contribution is -0.144. The number of nitrogens with zero attached hydrogens (tertiary/aromatic N) is 4. The Morgan fingerprint density at radius 3 is 2.21 bits per heavy atom. The molecule has 0 bridgehead atoms. The van der Waals surface area contributed by atoms with Crippen LogP contribution in [0.15, 0.2) is 18.2 Å². The number of rotatable bonds is 4. The van der Waals surface area contributed by atoms with Gasteiger partial charge in [-0.2, -0.15) is 13.2 Å². The van der Waals surface area contributed by atoms with Crippen molar-refractivity contribution in [2.45, 2.75) is 69.8 Å². The van der Waals surface area contributed by atoms with Crippen LogP contribution >= 0.6 is 0 Å². The molecule has 0 N–H and O–H groups in total. The van der Waals surface area contributed by atoms with E-state index < -0.39 is 23.3 Å². The number of hydrogen-bond donors (Lipinski definition) is 0. The van der Waals surface area contributed by atoms with Crippen LogP contribution in [0.5, 0.6) is 0 Å². The molecule has 6 nitrogen and oxygen atoms in total. The van der Waals surface area contributed by atoms with Gasteiger partial charge in [0.05, 0.1) is 11.5 Å². The minimum atomic E-state index is -4.47. The van der Waals surface area contributed by atoms with Gasteiger partial charge >= 0.3 is 6.18 Å². The summed E-state index contributed by atoms with van der Waals surface area (Å²) in [5.74, 6) is -0.804. The molecule has 4 rings (SSSR count). The van der Waals surface area contributed by atoms with Crippen LogP contribution in [0.3, 0.4) is 0 Å². The number of piperidine rings is 1. The van der Waals surface area contributed by atoms with Gasteiger partial charge in [0.15, 0.2) is 0 Å². The molecule has 212 valence electrons. The van der Waals surface area contributed by atoms with Gasteiger partial charge in [-0.1, -0.05) is 6.07 Å². The van der Waals surface area contributed by atoms with Crippen LogP contribution < -0.4 is 4.90 Å². The van der Waals surface area contributed by atoms with Gasteiger partial charge in [0, 0.05) is 71.0 Å². The van der Waals surface area contributed by atoms with E-state index in [9.17, 15) is 22.8 Å². The number of benzene rings is 1. The minimum Gasteiger partial charge on any atom is -0.370 e. The third-order valence-electron chi connectivity index (χ3n) is 8.45. The first-order chi connectivity index (χ1) is 17.6. The first kappa shape index (κ1) is 28.6. The van der Waals surface area contributed by atoms with Gasteiger partial charge < -0.3 is 14.7 Å². The molecular weight excluding hydrogens is 500 g/mol. The normalized spacial score (nSPS) is 25.8. The highest BCUT2D eigenvalue weighted by Crippen LogP contribution is 2.41. The van der Waals surface area contributed by atoms with E-state index in [1.165, 1.54) is 11.0 Å². The number of amides is 2. The van der Waals surface area contributed by atoms with Gasteiger partial charge in [0.25, 0.3) is 5.91 Å². The number of halogens is 4. The number of carbonyl (C=O) groups excluding carboxylic acids is 2. The smallest absolute Gasteiger partial charge is 0.370 e. The quantitative estimate of drug-likeness (QED) is 0.527. The molecule has 0 aliphatic carbocycles. The second-order valence-corrected chi connectivity index (χ2v) is 12.3. The average molecular weight is 541 g/mol. The Bertz CT molecular complexity index is 1050. The molecule has 2 amide bonds. The fourth-order valence-corrected chi connectivity index (χ4v) is 6.08. The van der Waals surface area contributed by atoms with E-state index in [2.05, 4.69) is 0 Å². The Morgan fingerprint density at radius 2 is 1.66 bits per heavy atom. The maximum atomic E-state index is 15.7. The summed E-state index contributed by atoms with van der Waals surface area (Å²) in [6.07, 6.45) is -2.61. The molecule has 3 fully saturated rings. The Morgan fingerprint density at radius 1 is 1.00 bits per heavy atom. The molecule has 1 aromatic carbocycles. The van der Waals surface area contributed by atoms with Crippen molar-refractivity contribution in [2.24, 2.45) is 5.92 Å². The number of likely N-dealkylation sites (tertiary alicyclic amines) is 2. The van der Waals surface area contributed by atoms with E-state index in [0.717, 1.165) is 11.6 Å². The molecule has 3 aliphatic rings. The largest absolute Gasteiger partial charge is 0.416 e. The molecule has 3 heterocycles.